The Kier molecular flexibility index (Phi) is 9.62. The van der Waals surface area contributed by atoms with Crippen LogP contribution in [0.3, 0.4) is 0 Å². The molecule has 0 heteroatoms. The Labute approximate surface area is 138 Å². The van der Waals surface area contributed by atoms with Gasteiger partial charge in [0.25, 0.3) is 0 Å². The van der Waals surface area contributed by atoms with Crippen LogP contribution >= 0.6 is 0 Å². The Morgan fingerprint density at radius 2 is 1.77 bits per heavy atom. The molecule has 0 amide bonds. The molecule has 0 heterocycles. The van der Waals surface area contributed by atoms with Gasteiger partial charge in [-0.15, -0.1) is 13.2 Å². The van der Waals surface area contributed by atoms with Crippen molar-refractivity contribution in [1.29, 1.82) is 0 Å². The number of benzene rings is 1. The predicted molar refractivity (Wildman–Crippen MR) is 100 cm³/mol. The zero-order valence-corrected chi connectivity index (χ0v) is 14.7. The highest BCUT2D eigenvalue weighted by atomic mass is 14.2. The van der Waals surface area contributed by atoms with Crippen LogP contribution in [0.15, 0.2) is 49.1 Å². The minimum absolute atomic E-state index is 0.978. The van der Waals surface area contributed by atoms with Crippen LogP contribution in [0.25, 0.3) is 0 Å². The Hall–Kier alpha value is -1.30. The molecule has 0 radical (unpaired) electrons. The molecule has 0 saturated heterocycles. The predicted octanol–water partition coefficient (Wildman–Crippen LogP) is 7.04. The van der Waals surface area contributed by atoms with E-state index in [0.717, 1.165) is 12.3 Å². The third-order valence-electron chi connectivity index (χ3n) is 4.36. The van der Waals surface area contributed by atoms with Gasteiger partial charge in [-0.05, 0) is 51.0 Å². The van der Waals surface area contributed by atoms with Gasteiger partial charge in [0.05, 0.1) is 0 Å². The second-order valence-electron chi connectivity index (χ2n) is 6.83. The van der Waals surface area contributed by atoms with Crippen LogP contribution < -0.4 is 0 Å². The number of hydrogen-bond acceptors (Lipinski definition) is 0. The number of aryl methyl sites for hydroxylation is 2. The number of hydrogen-bond donors (Lipinski definition) is 0. The Balaban J connectivity index is 0.000000224. The zero-order chi connectivity index (χ0) is 16.2. The van der Waals surface area contributed by atoms with Crippen LogP contribution in [0, 0.1) is 12.8 Å². The maximum absolute atomic E-state index is 3.95. The Morgan fingerprint density at radius 1 is 1.14 bits per heavy atom. The van der Waals surface area contributed by atoms with Gasteiger partial charge in [0.1, 0.15) is 0 Å². The molecule has 1 fully saturated rings. The molecule has 0 aliphatic heterocycles. The monoisotopic (exact) mass is 298 g/mol. The van der Waals surface area contributed by atoms with Crippen LogP contribution in [-0.2, 0) is 6.42 Å². The molecule has 1 aliphatic rings. The number of unbranched alkanes of at least 4 members (excludes halogenated alkanes) is 1. The molecule has 1 saturated carbocycles. The van der Waals surface area contributed by atoms with Crippen molar-refractivity contribution in [2.45, 2.75) is 71.6 Å². The smallest absolute Gasteiger partial charge is 0.0276 e. The summed E-state index contributed by atoms with van der Waals surface area (Å²) in [4.78, 5) is 0. The van der Waals surface area contributed by atoms with Crippen molar-refractivity contribution >= 4 is 0 Å². The van der Waals surface area contributed by atoms with Gasteiger partial charge in [0.15, 0.2) is 0 Å². The van der Waals surface area contributed by atoms with Crippen LogP contribution in [0.4, 0.5) is 0 Å². The molecule has 22 heavy (non-hydrogen) atoms. The Morgan fingerprint density at radius 3 is 2.32 bits per heavy atom. The van der Waals surface area contributed by atoms with E-state index in [1.54, 1.807) is 0 Å². The lowest BCUT2D eigenvalue weighted by molar-refractivity contribution is 0.356. The van der Waals surface area contributed by atoms with E-state index in [1.165, 1.54) is 68.1 Å². The maximum atomic E-state index is 3.95. The fraction of sp³-hybridized carbons (Fsp3) is 0.545. The van der Waals surface area contributed by atoms with Crippen molar-refractivity contribution in [2.75, 3.05) is 0 Å². The zero-order valence-electron chi connectivity index (χ0n) is 14.7. The van der Waals surface area contributed by atoms with E-state index < -0.39 is 0 Å². The maximum Gasteiger partial charge on any atom is -0.0276 e. The molecule has 122 valence electrons. The molecule has 0 unspecified atom stereocenters. The van der Waals surface area contributed by atoms with Gasteiger partial charge >= 0.3 is 0 Å². The highest BCUT2D eigenvalue weighted by Crippen LogP contribution is 2.28. The molecule has 0 nitrogen and oxygen atoms in total. The van der Waals surface area contributed by atoms with Gasteiger partial charge in [-0.25, -0.2) is 0 Å². The first-order valence-corrected chi connectivity index (χ1v) is 8.92. The summed E-state index contributed by atoms with van der Waals surface area (Å²) in [5.41, 5.74) is 4.14. The van der Waals surface area contributed by atoms with E-state index in [2.05, 4.69) is 51.3 Å². The fourth-order valence-electron chi connectivity index (χ4n) is 3.09. The highest BCUT2D eigenvalue weighted by Gasteiger charge is 2.12. The van der Waals surface area contributed by atoms with Crippen molar-refractivity contribution in [1.82, 2.24) is 0 Å². The lowest BCUT2D eigenvalue weighted by Gasteiger charge is -2.21. The molecule has 0 bridgehead atoms. The molecule has 1 aromatic carbocycles. The van der Waals surface area contributed by atoms with Crippen molar-refractivity contribution in [2.24, 2.45) is 5.92 Å². The second-order valence-corrected chi connectivity index (χ2v) is 6.83. The average Bonchev–Trinajstić information content (AvgIpc) is 2.51. The standard InChI is InChI=1S/C12H16.C10H18/c1-3-4-5-6-12-9-7-11(2)8-10-12;1-9(2)8-10-6-4-3-5-7-10/h3,7-10H,1,4-6H2,2H3;10H,1,3-8H2,2H3. The average molecular weight is 299 g/mol. The molecule has 2 rings (SSSR count). The summed E-state index contributed by atoms with van der Waals surface area (Å²) < 4.78 is 0. The summed E-state index contributed by atoms with van der Waals surface area (Å²) in [6, 6.07) is 8.75. The molecule has 0 N–H and O–H groups in total. The van der Waals surface area contributed by atoms with E-state index in [9.17, 15) is 0 Å². The summed E-state index contributed by atoms with van der Waals surface area (Å²) in [6.07, 6.45) is 14.0. The first-order valence-electron chi connectivity index (χ1n) is 8.92. The minimum atomic E-state index is 0.978. The Bertz CT molecular complexity index is 418. The quantitative estimate of drug-likeness (QED) is 0.390. The first kappa shape index (κ1) is 18.7. The van der Waals surface area contributed by atoms with Gasteiger partial charge in [-0.1, -0.05) is 73.6 Å². The van der Waals surface area contributed by atoms with E-state index in [0.29, 0.717) is 0 Å². The van der Waals surface area contributed by atoms with E-state index in [1.807, 2.05) is 6.08 Å². The molecule has 1 aromatic rings. The van der Waals surface area contributed by atoms with Gasteiger partial charge in [0.2, 0.25) is 0 Å². The summed E-state index contributed by atoms with van der Waals surface area (Å²) in [6.45, 7) is 11.9. The molecular formula is C22H34. The lowest BCUT2D eigenvalue weighted by Crippen LogP contribution is -2.05. The normalized spacial score (nSPS) is 14.8. The third kappa shape index (κ3) is 8.87. The molecule has 0 aromatic heterocycles. The van der Waals surface area contributed by atoms with E-state index >= 15 is 0 Å². The van der Waals surface area contributed by atoms with Crippen LogP contribution in [0.1, 0.15) is 69.4 Å². The summed E-state index contributed by atoms with van der Waals surface area (Å²) >= 11 is 0. The third-order valence-corrected chi connectivity index (χ3v) is 4.36. The van der Waals surface area contributed by atoms with E-state index in [-0.39, 0.29) is 0 Å². The second kappa shape index (κ2) is 11.3. The molecule has 0 atom stereocenters. The fourth-order valence-corrected chi connectivity index (χ4v) is 3.09. The van der Waals surface area contributed by atoms with Crippen LogP contribution in [0.5, 0.6) is 0 Å². The summed E-state index contributed by atoms with van der Waals surface area (Å²) in [5.74, 6) is 0.978. The van der Waals surface area contributed by atoms with Crippen LogP contribution in [-0.4, -0.2) is 0 Å². The molecule has 0 spiro atoms. The number of allylic oxidation sites excluding steroid dienone is 2. The minimum Gasteiger partial charge on any atom is -0.103 e. The van der Waals surface area contributed by atoms with Gasteiger partial charge in [-0.3, -0.25) is 0 Å². The number of rotatable bonds is 6. The van der Waals surface area contributed by atoms with Crippen LogP contribution in [0.2, 0.25) is 0 Å². The van der Waals surface area contributed by atoms with Gasteiger partial charge in [-0.2, -0.15) is 0 Å². The van der Waals surface area contributed by atoms with Gasteiger partial charge in [0, 0.05) is 0 Å². The summed E-state index contributed by atoms with van der Waals surface area (Å²) in [5, 5.41) is 0. The largest absolute Gasteiger partial charge is 0.103 e. The lowest BCUT2D eigenvalue weighted by atomic mass is 9.85. The van der Waals surface area contributed by atoms with Crippen molar-refractivity contribution < 1.29 is 0 Å². The highest BCUT2D eigenvalue weighted by molar-refractivity contribution is 5.21. The van der Waals surface area contributed by atoms with Gasteiger partial charge < -0.3 is 0 Å². The first-order chi connectivity index (χ1) is 10.6. The SMILES string of the molecule is C=C(C)CC1CCCCC1.C=CCCCc1ccc(C)cc1. The molecular weight excluding hydrogens is 264 g/mol. The van der Waals surface area contributed by atoms with E-state index in [4.69, 9.17) is 0 Å². The van der Waals surface area contributed by atoms with Crippen molar-refractivity contribution in [3.05, 3.63) is 60.2 Å². The topological polar surface area (TPSA) is 0 Å². The molecule has 1 aliphatic carbocycles. The summed E-state index contributed by atoms with van der Waals surface area (Å²) in [7, 11) is 0. The van der Waals surface area contributed by atoms with Crippen molar-refractivity contribution in [3.63, 3.8) is 0 Å². The van der Waals surface area contributed by atoms with Crippen molar-refractivity contribution in [3.8, 4) is 0 Å².